The van der Waals surface area contributed by atoms with Crippen LogP contribution in [0.1, 0.15) is 26.3 Å². The van der Waals surface area contributed by atoms with E-state index in [4.69, 9.17) is 15.0 Å². The fourth-order valence-corrected chi connectivity index (χ4v) is 6.65. The summed E-state index contributed by atoms with van der Waals surface area (Å²) in [6.45, 7) is 7.22. The number of para-hydroxylation sites is 1. The molecule has 0 spiro atoms. The van der Waals surface area contributed by atoms with Gasteiger partial charge in [-0.05, 0) is 38.0 Å². The third-order valence-corrected chi connectivity index (χ3v) is 8.44. The second-order valence-corrected chi connectivity index (χ2v) is 10.9. The van der Waals surface area contributed by atoms with Crippen molar-refractivity contribution in [1.82, 2.24) is 24.6 Å². The van der Waals surface area contributed by atoms with Crippen molar-refractivity contribution in [1.29, 1.82) is 0 Å². The van der Waals surface area contributed by atoms with E-state index in [1.165, 1.54) is 17.8 Å². The van der Waals surface area contributed by atoms with Crippen LogP contribution in [0.3, 0.4) is 0 Å². The number of aromatic nitrogens is 4. The van der Waals surface area contributed by atoms with Crippen molar-refractivity contribution in [2.24, 2.45) is 5.92 Å². The minimum Gasteiger partial charge on any atom is -0.465 e. The number of nitrogens with two attached hydrogens (primary N) is 1. The molecule has 37 heavy (non-hydrogen) atoms. The van der Waals surface area contributed by atoms with Crippen molar-refractivity contribution in [3.05, 3.63) is 59.2 Å². The molecule has 2 unspecified atom stereocenters. The predicted molar refractivity (Wildman–Crippen MR) is 135 cm³/mol. The van der Waals surface area contributed by atoms with Crippen LogP contribution in [-0.2, 0) is 14.1 Å². The fraction of sp³-hybridized carbons (Fsp3) is 0.391. The van der Waals surface area contributed by atoms with E-state index in [-0.39, 0.29) is 35.9 Å². The normalized spacial score (nSPS) is 22.9. The fourth-order valence-electron chi connectivity index (χ4n) is 4.45. The van der Waals surface area contributed by atoms with Crippen molar-refractivity contribution in [3.63, 3.8) is 0 Å². The van der Waals surface area contributed by atoms with Crippen LogP contribution in [0, 0.1) is 5.92 Å². The standard InChI is InChI=1S/C23H29N6O7P/c1-4-35-21(32)13(3)28-37(34,36-14-8-6-5-7-9-14)22(33)17-12(2)15(10-16(17)30)29-11-25-18-19(29)26-23(24)27-20(18)31/h5-9,11,13,15-17,22,30,33H,2,4,10H2,1,3H3,(H,28,34)(H3,24,26,27,31)/t13?,15-,16-,17+,22?,37+/m0/s1. The monoisotopic (exact) mass is 532 g/mol. The minimum atomic E-state index is -4.29. The third kappa shape index (κ3) is 5.16. The van der Waals surface area contributed by atoms with Crippen molar-refractivity contribution in [2.45, 2.75) is 44.3 Å². The summed E-state index contributed by atoms with van der Waals surface area (Å²) in [4.78, 5) is 35.1. The number of nitrogens with one attached hydrogen (secondary N) is 2. The Hall–Kier alpha value is -3.51. The topological polar surface area (TPSA) is 195 Å². The quantitative estimate of drug-likeness (QED) is 0.151. The van der Waals surface area contributed by atoms with Gasteiger partial charge in [0.1, 0.15) is 11.8 Å². The lowest BCUT2D eigenvalue weighted by Gasteiger charge is -2.32. The van der Waals surface area contributed by atoms with E-state index in [0.717, 1.165) is 0 Å². The summed E-state index contributed by atoms with van der Waals surface area (Å²) < 4.78 is 26.4. The number of anilines is 1. The molecular weight excluding hydrogens is 503 g/mol. The second kappa shape index (κ2) is 10.5. The summed E-state index contributed by atoms with van der Waals surface area (Å²) in [7, 11) is -4.29. The Balaban J connectivity index is 1.67. The molecule has 1 fully saturated rings. The van der Waals surface area contributed by atoms with Gasteiger partial charge in [0.25, 0.3) is 5.56 Å². The van der Waals surface area contributed by atoms with Crippen LogP contribution < -0.4 is 20.9 Å². The van der Waals surface area contributed by atoms with E-state index in [1.54, 1.807) is 37.3 Å². The molecule has 1 aliphatic carbocycles. The summed E-state index contributed by atoms with van der Waals surface area (Å²) in [5.41, 5.74) is 5.69. The Morgan fingerprint density at radius 1 is 1.41 bits per heavy atom. The van der Waals surface area contributed by atoms with Gasteiger partial charge in [0.2, 0.25) is 5.95 Å². The molecule has 0 aliphatic heterocycles. The Kier molecular flexibility index (Phi) is 7.51. The summed E-state index contributed by atoms with van der Waals surface area (Å²) in [6.07, 6.45) is 0.223. The number of carbonyl (C=O) groups is 1. The number of fused-ring (bicyclic) bond motifs is 1. The number of aliphatic hydroxyl groups is 2. The molecule has 6 atom stereocenters. The Labute approximate surface area is 211 Å². The first-order valence-electron chi connectivity index (χ1n) is 11.6. The molecular formula is C23H29N6O7P. The maximum absolute atomic E-state index is 14.1. The number of nitrogens with zero attached hydrogens (tertiary/aromatic N) is 3. The van der Waals surface area contributed by atoms with Crippen LogP contribution in [0.25, 0.3) is 11.2 Å². The van der Waals surface area contributed by atoms with Gasteiger partial charge in [-0.3, -0.25) is 19.1 Å². The molecule has 4 rings (SSSR count). The molecule has 13 nitrogen and oxygen atoms in total. The third-order valence-electron chi connectivity index (χ3n) is 6.19. The van der Waals surface area contributed by atoms with E-state index < -0.39 is 49.0 Å². The first kappa shape index (κ1) is 26.6. The molecule has 1 aromatic carbocycles. The van der Waals surface area contributed by atoms with Crippen molar-refractivity contribution in [3.8, 4) is 5.75 Å². The predicted octanol–water partition coefficient (Wildman–Crippen LogP) is 1.31. The van der Waals surface area contributed by atoms with Crippen LogP contribution in [0.15, 0.2) is 53.6 Å². The zero-order valence-corrected chi connectivity index (χ0v) is 21.2. The van der Waals surface area contributed by atoms with Gasteiger partial charge in [-0.15, -0.1) is 0 Å². The van der Waals surface area contributed by atoms with Gasteiger partial charge in [0.15, 0.2) is 17.0 Å². The lowest BCUT2D eigenvalue weighted by atomic mass is 10.0. The number of imidazole rings is 1. The van der Waals surface area contributed by atoms with Crippen LogP contribution in [0.5, 0.6) is 5.75 Å². The number of hydrogen-bond donors (Lipinski definition) is 5. The molecule has 2 aromatic heterocycles. The molecule has 0 amide bonds. The highest BCUT2D eigenvalue weighted by Crippen LogP contribution is 2.55. The first-order valence-corrected chi connectivity index (χ1v) is 13.3. The number of esters is 1. The van der Waals surface area contributed by atoms with Gasteiger partial charge in [0.05, 0.1) is 25.1 Å². The molecule has 0 bridgehead atoms. The zero-order valence-electron chi connectivity index (χ0n) is 20.3. The number of aliphatic hydroxyl groups excluding tert-OH is 2. The molecule has 0 radical (unpaired) electrons. The van der Waals surface area contributed by atoms with Crippen LogP contribution in [0.4, 0.5) is 5.95 Å². The number of carbonyl (C=O) groups excluding carboxylic acids is 1. The number of hydrogen-bond acceptors (Lipinski definition) is 10. The van der Waals surface area contributed by atoms with Crippen molar-refractivity contribution in [2.75, 3.05) is 12.3 Å². The Morgan fingerprint density at radius 2 is 2.11 bits per heavy atom. The first-order chi connectivity index (χ1) is 17.6. The van der Waals surface area contributed by atoms with Gasteiger partial charge in [-0.25, -0.2) is 10.1 Å². The van der Waals surface area contributed by atoms with Gasteiger partial charge in [0, 0.05) is 5.92 Å². The summed E-state index contributed by atoms with van der Waals surface area (Å²) in [5.74, 6) is -3.54. The van der Waals surface area contributed by atoms with Crippen molar-refractivity contribution >= 4 is 30.6 Å². The lowest BCUT2D eigenvalue weighted by molar-refractivity contribution is -0.144. The molecule has 14 heteroatoms. The van der Waals surface area contributed by atoms with E-state index >= 15 is 0 Å². The highest BCUT2D eigenvalue weighted by molar-refractivity contribution is 7.57. The Bertz CT molecular complexity index is 1410. The average Bonchev–Trinajstić information content (AvgIpc) is 3.39. The number of aromatic amines is 1. The second-order valence-electron chi connectivity index (χ2n) is 8.71. The molecule has 3 aromatic rings. The molecule has 2 heterocycles. The summed E-state index contributed by atoms with van der Waals surface area (Å²) >= 11 is 0. The molecule has 198 valence electrons. The molecule has 0 saturated heterocycles. The number of rotatable bonds is 9. The smallest absolute Gasteiger partial charge is 0.346 e. The van der Waals surface area contributed by atoms with E-state index in [1.807, 2.05) is 0 Å². The number of nitrogen functional groups attached to an aromatic ring is 1. The Morgan fingerprint density at radius 3 is 2.78 bits per heavy atom. The van der Waals surface area contributed by atoms with Gasteiger partial charge >= 0.3 is 13.5 Å². The number of H-pyrrole nitrogens is 1. The summed E-state index contributed by atoms with van der Waals surface area (Å²) in [6, 6.07) is 6.39. The van der Waals surface area contributed by atoms with Gasteiger partial charge < -0.3 is 29.8 Å². The van der Waals surface area contributed by atoms with Crippen molar-refractivity contribution < 1.29 is 28.8 Å². The maximum atomic E-state index is 14.1. The van der Waals surface area contributed by atoms with Crippen LogP contribution in [0.2, 0.25) is 0 Å². The SMILES string of the molecule is C=C1[C@@H](C(O)[P@](=O)(NC(C)C(=O)OCC)Oc2ccccc2)[C@@H](O)C[C@@H]1n1cnc2c(=O)[nH]c(N)nc21. The zero-order chi connectivity index (χ0) is 26.9. The van der Waals surface area contributed by atoms with E-state index in [2.05, 4.69) is 26.6 Å². The van der Waals surface area contributed by atoms with E-state index in [0.29, 0.717) is 5.57 Å². The largest absolute Gasteiger partial charge is 0.465 e. The molecule has 1 aliphatic rings. The highest BCUT2D eigenvalue weighted by Gasteiger charge is 2.51. The highest BCUT2D eigenvalue weighted by atomic mass is 31.2. The summed E-state index contributed by atoms with van der Waals surface area (Å²) in [5, 5.41) is 25.0. The molecule has 6 N–H and O–H groups in total. The maximum Gasteiger partial charge on any atom is 0.346 e. The number of ether oxygens (including phenoxy) is 1. The van der Waals surface area contributed by atoms with Crippen LogP contribution >= 0.6 is 7.52 Å². The number of benzene rings is 1. The average molecular weight is 532 g/mol. The van der Waals surface area contributed by atoms with Crippen LogP contribution in [-0.4, -0.2) is 60.3 Å². The van der Waals surface area contributed by atoms with Gasteiger partial charge in [-0.1, -0.05) is 24.8 Å². The van der Waals surface area contributed by atoms with Gasteiger partial charge in [-0.2, -0.15) is 4.98 Å². The lowest BCUT2D eigenvalue weighted by Crippen LogP contribution is -2.41. The minimum absolute atomic E-state index is 0.0449. The molecule has 1 saturated carbocycles. The van der Waals surface area contributed by atoms with E-state index in [9.17, 15) is 24.4 Å².